The fourth-order valence-electron chi connectivity index (χ4n) is 4.11. The van der Waals surface area contributed by atoms with Gasteiger partial charge in [0.1, 0.15) is 17.7 Å². The van der Waals surface area contributed by atoms with Gasteiger partial charge in [0.2, 0.25) is 10.0 Å². The minimum atomic E-state index is -3.72. The molecule has 1 aliphatic heterocycles. The highest BCUT2D eigenvalue weighted by molar-refractivity contribution is 7.89. The highest BCUT2D eigenvalue weighted by Gasteiger charge is 2.32. The summed E-state index contributed by atoms with van der Waals surface area (Å²) in [5.41, 5.74) is 0.526. The highest BCUT2D eigenvalue weighted by atomic mass is 32.2. The predicted octanol–water partition coefficient (Wildman–Crippen LogP) is 2.88. The number of hydrogen-bond donors (Lipinski definition) is 1. The first-order valence-corrected chi connectivity index (χ1v) is 12.4. The number of morpholine rings is 1. The molecule has 0 radical (unpaired) electrons. The Bertz CT molecular complexity index is 1270. The number of imidazole rings is 1. The molecule has 180 valence electrons. The fraction of sp³-hybridized carbons (Fsp3) is 0.333. The lowest BCUT2D eigenvalue weighted by atomic mass is 10.0. The first-order valence-electron chi connectivity index (χ1n) is 10.9. The average Bonchev–Trinajstić information content (AvgIpc) is 3.23. The number of hydrogen-bond acceptors (Lipinski definition) is 5. The van der Waals surface area contributed by atoms with E-state index in [2.05, 4.69) is 10.3 Å². The number of aryl methyl sites for hydroxylation is 1. The summed E-state index contributed by atoms with van der Waals surface area (Å²) in [6.45, 7) is 4.20. The van der Waals surface area contributed by atoms with Crippen molar-refractivity contribution in [3.63, 3.8) is 0 Å². The molecule has 0 aliphatic carbocycles. The highest BCUT2D eigenvalue weighted by Crippen LogP contribution is 2.25. The summed E-state index contributed by atoms with van der Waals surface area (Å²) < 4.78 is 49.4. The lowest BCUT2D eigenvalue weighted by Crippen LogP contribution is -2.48. The number of carbonyl (C=O) groups is 1. The minimum Gasteiger partial charge on any atom is -0.373 e. The second-order valence-electron chi connectivity index (χ2n) is 8.43. The molecule has 0 saturated carbocycles. The van der Waals surface area contributed by atoms with Gasteiger partial charge in [0.25, 0.3) is 5.91 Å². The zero-order chi connectivity index (χ0) is 24.5. The van der Waals surface area contributed by atoms with Crippen molar-refractivity contribution >= 4 is 15.9 Å². The minimum absolute atomic E-state index is 0.0973. The normalized spacial score (nSPS) is 20.1. The number of ether oxygens (including phenoxy) is 1. The van der Waals surface area contributed by atoms with Crippen molar-refractivity contribution in [3.8, 4) is 0 Å². The Morgan fingerprint density at radius 1 is 1.12 bits per heavy atom. The van der Waals surface area contributed by atoms with E-state index in [-0.39, 0.29) is 41.3 Å². The molecule has 8 nitrogen and oxygen atoms in total. The topological polar surface area (TPSA) is 93.5 Å². The molecule has 2 heterocycles. The number of halogens is 1. The van der Waals surface area contributed by atoms with E-state index in [1.807, 2.05) is 13.8 Å². The predicted molar refractivity (Wildman–Crippen MR) is 124 cm³/mol. The SMILES string of the molecule is C[C@@H]1CN(S(=O)(=O)c2ccc(C(=O)N[C@@H](c3ccccc3F)c3nccn3C)cc2)C[C@@H](C)O1. The maximum atomic E-state index is 14.6. The van der Waals surface area contributed by atoms with Gasteiger partial charge in [-0.05, 0) is 44.2 Å². The van der Waals surface area contributed by atoms with Gasteiger partial charge in [0, 0.05) is 43.7 Å². The number of amides is 1. The zero-order valence-corrected chi connectivity index (χ0v) is 20.0. The average molecular weight is 487 g/mol. The Hall–Kier alpha value is -3.08. The molecule has 3 aromatic rings. The van der Waals surface area contributed by atoms with Crippen LogP contribution >= 0.6 is 0 Å². The summed E-state index contributed by atoms with van der Waals surface area (Å²) in [6, 6.07) is 11.1. The summed E-state index contributed by atoms with van der Waals surface area (Å²) in [6.07, 6.45) is 2.88. The number of benzene rings is 2. The van der Waals surface area contributed by atoms with Gasteiger partial charge in [0.15, 0.2) is 0 Å². The molecule has 1 aromatic heterocycles. The third kappa shape index (κ3) is 4.89. The summed E-state index contributed by atoms with van der Waals surface area (Å²) in [5, 5.41) is 2.83. The molecule has 0 spiro atoms. The summed E-state index contributed by atoms with van der Waals surface area (Å²) in [4.78, 5) is 17.4. The number of sulfonamides is 1. The Morgan fingerprint density at radius 3 is 2.35 bits per heavy atom. The molecule has 1 amide bonds. The number of rotatable bonds is 6. The van der Waals surface area contributed by atoms with Crippen LogP contribution in [0.1, 0.15) is 41.6 Å². The van der Waals surface area contributed by atoms with Gasteiger partial charge < -0.3 is 14.6 Å². The summed E-state index contributed by atoms with van der Waals surface area (Å²) in [5.74, 6) is -0.478. The van der Waals surface area contributed by atoms with E-state index in [9.17, 15) is 17.6 Å². The number of nitrogens with one attached hydrogen (secondary N) is 1. The molecular formula is C24H27FN4O4S. The molecule has 1 saturated heterocycles. The van der Waals surface area contributed by atoms with Crippen LogP contribution in [0, 0.1) is 5.82 Å². The van der Waals surface area contributed by atoms with Crippen molar-refractivity contribution in [2.75, 3.05) is 13.1 Å². The van der Waals surface area contributed by atoms with Gasteiger partial charge in [-0.25, -0.2) is 17.8 Å². The van der Waals surface area contributed by atoms with Crippen LogP contribution in [0.4, 0.5) is 4.39 Å². The lowest BCUT2D eigenvalue weighted by Gasteiger charge is -2.34. The first kappa shape index (κ1) is 24.1. The van der Waals surface area contributed by atoms with E-state index in [1.54, 1.807) is 42.2 Å². The van der Waals surface area contributed by atoms with Crippen LogP contribution in [0.25, 0.3) is 0 Å². The first-order chi connectivity index (χ1) is 16.2. The number of aromatic nitrogens is 2. The molecule has 10 heteroatoms. The third-order valence-electron chi connectivity index (χ3n) is 5.75. The van der Waals surface area contributed by atoms with Gasteiger partial charge in [-0.2, -0.15) is 4.31 Å². The molecule has 4 rings (SSSR count). The van der Waals surface area contributed by atoms with E-state index in [0.29, 0.717) is 5.82 Å². The molecule has 1 aliphatic rings. The smallest absolute Gasteiger partial charge is 0.252 e. The van der Waals surface area contributed by atoms with Crippen LogP contribution in [0.15, 0.2) is 65.8 Å². The molecule has 0 unspecified atom stereocenters. The molecule has 34 heavy (non-hydrogen) atoms. The standard InChI is InChI=1S/C24H27FN4O4S/c1-16-14-29(15-17(2)33-16)34(31,32)19-10-8-18(9-11-19)24(30)27-22(23-26-12-13-28(23)3)20-6-4-5-7-21(20)25/h4-13,16-17,22H,14-15H2,1-3H3,(H,27,30)/t16-,17-,22+/m1/s1. The van der Waals surface area contributed by atoms with E-state index in [0.717, 1.165) is 0 Å². The van der Waals surface area contributed by atoms with Crippen molar-refractivity contribution in [2.45, 2.75) is 37.0 Å². The van der Waals surface area contributed by atoms with E-state index in [4.69, 9.17) is 4.74 Å². The Labute approximate surface area is 198 Å². The fourth-order valence-corrected chi connectivity index (χ4v) is 5.71. The van der Waals surface area contributed by atoms with Crippen molar-refractivity contribution < 1.29 is 22.3 Å². The van der Waals surface area contributed by atoms with E-state index in [1.165, 1.54) is 34.6 Å². The lowest BCUT2D eigenvalue weighted by molar-refractivity contribution is -0.0440. The van der Waals surface area contributed by atoms with Crippen molar-refractivity contribution in [1.29, 1.82) is 0 Å². The quantitative estimate of drug-likeness (QED) is 0.578. The maximum absolute atomic E-state index is 14.6. The van der Waals surface area contributed by atoms with E-state index >= 15 is 0 Å². The molecule has 1 fully saturated rings. The monoisotopic (exact) mass is 486 g/mol. The summed E-state index contributed by atoms with van der Waals surface area (Å²) in [7, 11) is -1.97. The van der Waals surface area contributed by atoms with Crippen LogP contribution < -0.4 is 5.32 Å². The van der Waals surface area contributed by atoms with Crippen molar-refractivity contribution in [2.24, 2.45) is 7.05 Å². The Kier molecular flexibility index (Phi) is 6.83. The second-order valence-corrected chi connectivity index (χ2v) is 10.4. The third-order valence-corrected chi connectivity index (χ3v) is 7.59. The molecular weight excluding hydrogens is 459 g/mol. The molecule has 0 bridgehead atoms. The molecule has 3 atom stereocenters. The van der Waals surface area contributed by atoms with Crippen LogP contribution in [-0.2, 0) is 21.8 Å². The molecule has 1 N–H and O–H groups in total. The van der Waals surface area contributed by atoms with Gasteiger partial charge in [0.05, 0.1) is 17.1 Å². The Morgan fingerprint density at radius 2 is 1.76 bits per heavy atom. The summed E-state index contributed by atoms with van der Waals surface area (Å²) >= 11 is 0. The number of carbonyl (C=O) groups excluding carboxylic acids is 1. The van der Waals surface area contributed by atoms with E-state index < -0.39 is 27.8 Å². The van der Waals surface area contributed by atoms with Crippen LogP contribution in [0.2, 0.25) is 0 Å². The van der Waals surface area contributed by atoms with Gasteiger partial charge in [-0.15, -0.1) is 0 Å². The van der Waals surface area contributed by atoms with Crippen molar-refractivity contribution in [1.82, 2.24) is 19.2 Å². The van der Waals surface area contributed by atoms with Crippen LogP contribution in [0.3, 0.4) is 0 Å². The largest absolute Gasteiger partial charge is 0.373 e. The number of nitrogens with zero attached hydrogens (tertiary/aromatic N) is 3. The maximum Gasteiger partial charge on any atom is 0.252 e. The van der Waals surface area contributed by atoms with Gasteiger partial charge in [-0.3, -0.25) is 4.79 Å². The van der Waals surface area contributed by atoms with Crippen LogP contribution in [0.5, 0.6) is 0 Å². The molecule has 2 aromatic carbocycles. The van der Waals surface area contributed by atoms with Gasteiger partial charge in [-0.1, -0.05) is 18.2 Å². The van der Waals surface area contributed by atoms with Crippen molar-refractivity contribution in [3.05, 3.63) is 83.7 Å². The zero-order valence-electron chi connectivity index (χ0n) is 19.2. The van der Waals surface area contributed by atoms with Gasteiger partial charge >= 0.3 is 0 Å². The Balaban J connectivity index is 1.57. The van der Waals surface area contributed by atoms with Crippen LogP contribution in [-0.4, -0.2) is 53.5 Å². The second kappa shape index (κ2) is 9.65.